The second-order valence-electron chi connectivity index (χ2n) is 9.39. The van der Waals surface area contributed by atoms with Crippen molar-refractivity contribution in [3.63, 3.8) is 0 Å². The van der Waals surface area contributed by atoms with Crippen LogP contribution in [0.25, 0.3) is 0 Å². The predicted molar refractivity (Wildman–Crippen MR) is 93.4 cm³/mol. The molecule has 2 N–H and O–H groups in total. The van der Waals surface area contributed by atoms with Crippen molar-refractivity contribution in [3.05, 3.63) is 0 Å². The molecule has 22 heavy (non-hydrogen) atoms. The van der Waals surface area contributed by atoms with E-state index in [4.69, 9.17) is 4.43 Å². The zero-order chi connectivity index (χ0) is 16.8. The molecule has 2 saturated carbocycles. The van der Waals surface area contributed by atoms with E-state index in [0.717, 1.165) is 32.1 Å². The van der Waals surface area contributed by atoms with E-state index in [1.807, 2.05) is 0 Å². The summed E-state index contributed by atoms with van der Waals surface area (Å²) >= 11 is 0. The molecule has 2 rings (SSSR count). The molecule has 4 heteroatoms. The maximum Gasteiger partial charge on any atom is 0.192 e. The monoisotopic (exact) mass is 328 g/mol. The fourth-order valence-corrected chi connectivity index (χ4v) is 5.36. The van der Waals surface area contributed by atoms with Gasteiger partial charge < -0.3 is 14.6 Å². The Labute approximate surface area is 137 Å². The van der Waals surface area contributed by atoms with Crippen molar-refractivity contribution >= 4 is 8.32 Å². The number of hydrogen-bond donors (Lipinski definition) is 2. The topological polar surface area (TPSA) is 49.7 Å². The summed E-state index contributed by atoms with van der Waals surface area (Å²) in [6.45, 7) is 13.4. The van der Waals surface area contributed by atoms with Crippen molar-refractivity contribution in [2.75, 3.05) is 0 Å². The van der Waals surface area contributed by atoms with Crippen molar-refractivity contribution in [3.8, 4) is 0 Å². The quantitative estimate of drug-likeness (QED) is 0.751. The fourth-order valence-electron chi connectivity index (χ4n) is 3.99. The van der Waals surface area contributed by atoms with Gasteiger partial charge in [-0.15, -0.1) is 0 Å². The van der Waals surface area contributed by atoms with E-state index >= 15 is 0 Å². The van der Waals surface area contributed by atoms with Crippen LogP contribution in [0.1, 0.15) is 66.2 Å². The Morgan fingerprint density at radius 2 is 1.77 bits per heavy atom. The van der Waals surface area contributed by atoms with E-state index in [-0.39, 0.29) is 17.1 Å². The third-order valence-corrected chi connectivity index (χ3v) is 11.0. The highest BCUT2D eigenvalue weighted by atomic mass is 28.4. The molecule has 130 valence electrons. The van der Waals surface area contributed by atoms with Crippen LogP contribution in [0.15, 0.2) is 0 Å². The standard InChI is InChI=1S/C18H36O3Si/c1-13-11-14-9-7-8-10-18(20,16(14)19)15(12-13)21-22(5,6)17(2,3)4/h13-16,19-20H,7-12H2,1-6H3/t13-,14-,15-,16+,18-/m0/s1. The lowest BCUT2D eigenvalue weighted by atomic mass is 9.83. The lowest BCUT2D eigenvalue weighted by Gasteiger charge is -2.46. The molecule has 2 fully saturated rings. The zero-order valence-electron chi connectivity index (χ0n) is 15.4. The number of fused-ring (bicyclic) bond motifs is 2. The molecule has 0 amide bonds. The Hall–Kier alpha value is 0.0969. The number of aliphatic hydroxyl groups is 2. The van der Waals surface area contributed by atoms with Crippen LogP contribution in [0.5, 0.6) is 0 Å². The summed E-state index contributed by atoms with van der Waals surface area (Å²) in [5, 5.41) is 22.4. The molecule has 5 atom stereocenters. The molecule has 0 aromatic carbocycles. The van der Waals surface area contributed by atoms with Gasteiger partial charge in [0, 0.05) is 0 Å². The molecule has 0 radical (unpaired) electrons. The van der Waals surface area contributed by atoms with Crippen molar-refractivity contribution in [1.29, 1.82) is 0 Å². The van der Waals surface area contributed by atoms with Crippen molar-refractivity contribution < 1.29 is 14.6 Å². The van der Waals surface area contributed by atoms with Crippen LogP contribution in [-0.4, -0.2) is 36.3 Å². The molecular weight excluding hydrogens is 292 g/mol. The molecule has 0 heterocycles. The highest BCUT2D eigenvalue weighted by Crippen LogP contribution is 2.46. The molecule has 0 aromatic rings. The first-order valence-corrected chi connectivity index (χ1v) is 12.0. The average Bonchev–Trinajstić information content (AvgIpc) is 2.55. The first-order chi connectivity index (χ1) is 9.97. The summed E-state index contributed by atoms with van der Waals surface area (Å²) in [5.41, 5.74) is -1.05. The second-order valence-corrected chi connectivity index (χ2v) is 14.1. The lowest BCUT2D eigenvalue weighted by Crippen LogP contribution is -2.58. The van der Waals surface area contributed by atoms with E-state index < -0.39 is 20.0 Å². The Morgan fingerprint density at radius 3 is 2.36 bits per heavy atom. The summed E-state index contributed by atoms with van der Waals surface area (Å²) in [6.07, 6.45) is 4.87. The summed E-state index contributed by atoms with van der Waals surface area (Å²) in [4.78, 5) is 0. The SMILES string of the molecule is C[C@H]1C[C@@H]2CCCC[C@](O)([C@@H](O[Si](C)(C)C(C)(C)C)C1)[C@@H]2O. The Kier molecular flexibility index (Phi) is 5.19. The van der Waals surface area contributed by atoms with Gasteiger partial charge in [0.15, 0.2) is 8.32 Å². The first kappa shape index (κ1) is 18.4. The number of rotatable bonds is 2. The average molecular weight is 329 g/mol. The Balaban J connectivity index is 2.31. The third kappa shape index (κ3) is 3.45. The van der Waals surface area contributed by atoms with Crippen LogP contribution in [0.4, 0.5) is 0 Å². The van der Waals surface area contributed by atoms with E-state index in [1.165, 1.54) is 0 Å². The summed E-state index contributed by atoms with van der Waals surface area (Å²) in [6, 6.07) is 0. The highest BCUT2D eigenvalue weighted by molar-refractivity contribution is 6.74. The van der Waals surface area contributed by atoms with Gasteiger partial charge in [-0.3, -0.25) is 0 Å². The minimum absolute atomic E-state index is 0.119. The molecule has 2 aliphatic rings. The van der Waals surface area contributed by atoms with Crippen LogP contribution in [0.3, 0.4) is 0 Å². The van der Waals surface area contributed by atoms with E-state index in [2.05, 4.69) is 40.8 Å². The smallest absolute Gasteiger partial charge is 0.192 e. The number of hydrogen-bond acceptors (Lipinski definition) is 3. The Bertz CT molecular complexity index is 390. The minimum Gasteiger partial charge on any atom is -0.411 e. The van der Waals surface area contributed by atoms with Crippen molar-refractivity contribution in [1.82, 2.24) is 0 Å². The van der Waals surface area contributed by atoms with E-state index in [9.17, 15) is 10.2 Å². The molecular formula is C18H36O3Si. The van der Waals surface area contributed by atoms with Crippen LogP contribution in [0, 0.1) is 11.8 Å². The van der Waals surface area contributed by atoms with Crippen molar-refractivity contribution in [2.24, 2.45) is 11.8 Å². The van der Waals surface area contributed by atoms with Gasteiger partial charge in [0.1, 0.15) is 5.60 Å². The van der Waals surface area contributed by atoms with Gasteiger partial charge in [-0.1, -0.05) is 40.5 Å². The first-order valence-electron chi connectivity index (χ1n) is 9.05. The molecule has 0 aromatic heterocycles. The molecule has 3 nitrogen and oxygen atoms in total. The van der Waals surface area contributed by atoms with Crippen molar-refractivity contribution in [2.45, 2.75) is 102 Å². The van der Waals surface area contributed by atoms with Gasteiger partial charge in [-0.2, -0.15) is 0 Å². The van der Waals surface area contributed by atoms with Crippen LogP contribution in [0.2, 0.25) is 18.1 Å². The zero-order valence-corrected chi connectivity index (χ0v) is 16.4. The molecule has 0 aliphatic heterocycles. The molecule has 2 aliphatic carbocycles. The van der Waals surface area contributed by atoms with Gasteiger partial charge in [0.2, 0.25) is 0 Å². The summed E-state index contributed by atoms with van der Waals surface area (Å²) in [7, 11) is -1.96. The Morgan fingerprint density at radius 1 is 1.14 bits per heavy atom. The third-order valence-electron chi connectivity index (χ3n) is 6.48. The highest BCUT2D eigenvalue weighted by Gasteiger charge is 2.53. The summed E-state index contributed by atoms with van der Waals surface area (Å²) < 4.78 is 6.64. The fraction of sp³-hybridized carbons (Fsp3) is 1.00. The van der Waals surface area contributed by atoms with Crippen LogP contribution in [-0.2, 0) is 4.43 Å². The maximum absolute atomic E-state index is 11.4. The molecule has 0 unspecified atom stereocenters. The molecule has 0 saturated heterocycles. The largest absolute Gasteiger partial charge is 0.411 e. The van der Waals surface area contributed by atoms with E-state index in [0.29, 0.717) is 12.3 Å². The van der Waals surface area contributed by atoms with Crippen LogP contribution >= 0.6 is 0 Å². The van der Waals surface area contributed by atoms with Gasteiger partial charge in [0.05, 0.1) is 12.2 Å². The lowest BCUT2D eigenvalue weighted by molar-refractivity contribution is -0.152. The number of aliphatic hydroxyl groups excluding tert-OH is 1. The summed E-state index contributed by atoms with van der Waals surface area (Å²) in [5.74, 6) is 0.733. The van der Waals surface area contributed by atoms with Gasteiger partial charge in [-0.25, -0.2) is 0 Å². The van der Waals surface area contributed by atoms with Gasteiger partial charge in [0.25, 0.3) is 0 Å². The normalized spacial score (nSPS) is 40.9. The maximum atomic E-state index is 11.4. The van der Waals surface area contributed by atoms with Crippen LogP contribution < -0.4 is 0 Å². The minimum atomic E-state index is -1.96. The van der Waals surface area contributed by atoms with Gasteiger partial charge in [-0.05, 0) is 55.7 Å². The molecule has 0 spiro atoms. The van der Waals surface area contributed by atoms with E-state index in [1.54, 1.807) is 0 Å². The molecule has 2 bridgehead atoms. The second kappa shape index (κ2) is 6.19. The predicted octanol–water partition coefficient (Wildman–Crippen LogP) is 4.09. The van der Waals surface area contributed by atoms with Gasteiger partial charge >= 0.3 is 0 Å².